The predicted molar refractivity (Wildman–Crippen MR) is 77.6 cm³/mol. The van der Waals surface area contributed by atoms with Crippen molar-refractivity contribution in [1.29, 1.82) is 0 Å². The first-order chi connectivity index (χ1) is 11.9. The van der Waals surface area contributed by atoms with E-state index in [1.54, 1.807) is 0 Å². The fourth-order valence-corrected chi connectivity index (χ4v) is 2.39. The molecule has 0 atom stereocenters. The molecule has 2 heterocycles. The summed E-state index contributed by atoms with van der Waals surface area (Å²) >= 11 is 0. The van der Waals surface area contributed by atoms with E-state index in [0.29, 0.717) is 12.1 Å². The molecule has 0 spiro atoms. The number of hydrogen-bond donors (Lipinski definition) is 1. The van der Waals surface area contributed by atoms with Crippen LogP contribution in [0.1, 0.15) is 21.6 Å². The number of carbonyl (C=O) groups is 1. The summed E-state index contributed by atoms with van der Waals surface area (Å²) in [6, 6.07) is 3.82. The number of hydrogen-bond acceptors (Lipinski definition) is 2. The van der Waals surface area contributed by atoms with Gasteiger partial charge in [-0.15, -0.1) is 0 Å². The minimum atomic E-state index is -4.95. The zero-order valence-electron chi connectivity index (χ0n) is 12.6. The average Bonchev–Trinajstić information content (AvgIpc) is 2.96. The van der Waals surface area contributed by atoms with Crippen molar-refractivity contribution in [3.8, 4) is 11.1 Å². The maximum atomic E-state index is 12.9. The summed E-state index contributed by atoms with van der Waals surface area (Å²) in [4.78, 5) is 14.7. The van der Waals surface area contributed by atoms with Gasteiger partial charge in [-0.25, -0.2) is 9.78 Å². The van der Waals surface area contributed by atoms with Crippen molar-refractivity contribution in [3.05, 3.63) is 59.5 Å². The van der Waals surface area contributed by atoms with Crippen LogP contribution in [0.5, 0.6) is 0 Å². The normalized spacial score (nSPS) is 12.5. The third kappa shape index (κ3) is 3.35. The summed E-state index contributed by atoms with van der Waals surface area (Å²) in [6.07, 6.45) is -7.58. The van der Waals surface area contributed by atoms with Gasteiger partial charge in [0.15, 0.2) is 5.69 Å². The second-order valence-electron chi connectivity index (χ2n) is 5.41. The maximum Gasteiger partial charge on any atom is 0.416 e. The van der Waals surface area contributed by atoms with Crippen molar-refractivity contribution >= 4 is 11.6 Å². The molecule has 1 N–H and O–H groups in total. The SMILES string of the molecule is O=C(O)c1cn2cc(-c3cc(C(F)(F)F)cc(C(F)(F)F)c3)ccc2n1. The van der Waals surface area contributed by atoms with Crippen molar-refractivity contribution in [2.75, 3.05) is 0 Å². The first-order valence-corrected chi connectivity index (χ1v) is 6.97. The van der Waals surface area contributed by atoms with Crippen molar-refractivity contribution in [1.82, 2.24) is 9.38 Å². The van der Waals surface area contributed by atoms with Crippen LogP contribution in [0.4, 0.5) is 26.3 Å². The highest BCUT2D eigenvalue weighted by molar-refractivity contribution is 5.86. The lowest BCUT2D eigenvalue weighted by Crippen LogP contribution is -2.11. The fraction of sp³-hybridized carbons (Fsp3) is 0.125. The van der Waals surface area contributed by atoms with E-state index in [2.05, 4.69) is 4.98 Å². The Bertz CT molecular complexity index is 972. The Morgan fingerprint density at radius 3 is 1.96 bits per heavy atom. The summed E-state index contributed by atoms with van der Waals surface area (Å²) in [5, 5.41) is 8.90. The number of fused-ring (bicyclic) bond motifs is 1. The van der Waals surface area contributed by atoms with Crippen LogP contribution in [-0.2, 0) is 12.4 Å². The van der Waals surface area contributed by atoms with E-state index in [4.69, 9.17) is 5.11 Å². The van der Waals surface area contributed by atoms with Gasteiger partial charge in [0.1, 0.15) is 5.65 Å². The number of imidazole rings is 1. The molecule has 0 aliphatic heterocycles. The van der Waals surface area contributed by atoms with E-state index in [9.17, 15) is 31.1 Å². The van der Waals surface area contributed by atoms with Crippen molar-refractivity contribution in [3.63, 3.8) is 0 Å². The maximum absolute atomic E-state index is 12.9. The lowest BCUT2D eigenvalue weighted by molar-refractivity contribution is -0.143. The van der Waals surface area contributed by atoms with Gasteiger partial charge in [-0.1, -0.05) is 0 Å². The van der Waals surface area contributed by atoms with Crippen molar-refractivity contribution in [2.24, 2.45) is 0 Å². The Kier molecular flexibility index (Phi) is 3.93. The van der Waals surface area contributed by atoms with Gasteiger partial charge in [0.05, 0.1) is 11.1 Å². The van der Waals surface area contributed by atoms with Gasteiger partial charge in [-0.3, -0.25) is 0 Å². The highest BCUT2D eigenvalue weighted by Crippen LogP contribution is 2.38. The van der Waals surface area contributed by atoms with E-state index in [0.717, 1.165) is 6.20 Å². The van der Waals surface area contributed by atoms with Crippen LogP contribution in [0.3, 0.4) is 0 Å². The molecule has 10 heteroatoms. The predicted octanol–water partition coefficient (Wildman–Crippen LogP) is 4.74. The van der Waals surface area contributed by atoms with Crippen LogP contribution in [0.25, 0.3) is 16.8 Å². The van der Waals surface area contributed by atoms with Gasteiger partial charge >= 0.3 is 18.3 Å². The molecule has 136 valence electrons. The molecule has 0 saturated heterocycles. The molecule has 0 fully saturated rings. The van der Waals surface area contributed by atoms with Gasteiger partial charge in [-0.05, 0) is 41.5 Å². The van der Waals surface area contributed by atoms with Crippen LogP contribution in [-0.4, -0.2) is 20.5 Å². The highest BCUT2D eigenvalue weighted by atomic mass is 19.4. The largest absolute Gasteiger partial charge is 0.476 e. The average molecular weight is 374 g/mol. The molecule has 0 bridgehead atoms. The summed E-state index contributed by atoms with van der Waals surface area (Å²) in [5.74, 6) is -1.31. The van der Waals surface area contributed by atoms with E-state index in [1.165, 1.54) is 22.7 Å². The third-order valence-corrected chi connectivity index (χ3v) is 3.59. The molecule has 3 rings (SSSR count). The number of carboxylic acid groups (broad SMARTS) is 1. The van der Waals surface area contributed by atoms with Gasteiger partial charge in [0.2, 0.25) is 0 Å². The van der Waals surface area contributed by atoms with Gasteiger partial charge < -0.3 is 9.51 Å². The Morgan fingerprint density at radius 1 is 0.885 bits per heavy atom. The first kappa shape index (κ1) is 17.8. The van der Waals surface area contributed by atoms with E-state index in [1.807, 2.05) is 0 Å². The minimum Gasteiger partial charge on any atom is -0.476 e. The lowest BCUT2D eigenvalue weighted by Gasteiger charge is -2.14. The highest BCUT2D eigenvalue weighted by Gasteiger charge is 2.37. The summed E-state index contributed by atoms with van der Waals surface area (Å²) in [6.45, 7) is 0. The van der Waals surface area contributed by atoms with Gasteiger partial charge in [0, 0.05) is 12.4 Å². The molecule has 3 aromatic rings. The van der Waals surface area contributed by atoms with E-state index < -0.39 is 29.4 Å². The molecule has 0 aliphatic carbocycles. The molecule has 26 heavy (non-hydrogen) atoms. The topological polar surface area (TPSA) is 54.6 Å². The Hall–Kier alpha value is -3.04. The molecule has 0 amide bonds. The van der Waals surface area contributed by atoms with Crippen LogP contribution in [0.15, 0.2) is 42.7 Å². The molecule has 1 aromatic carbocycles. The number of rotatable bonds is 2. The molecular formula is C16H8F6N2O2. The molecule has 4 nitrogen and oxygen atoms in total. The molecule has 0 saturated carbocycles. The monoisotopic (exact) mass is 374 g/mol. The van der Waals surface area contributed by atoms with Crippen molar-refractivity contribution in [2.45, 2.75) is 12.4 Å². The summed E-state index contributed by atoms with van der Waals surface area (Å²) < 4.78 is 78.9. The van der Waals surface area contributed by atoms with Crippen molar-refractivity contribution < 1.29 is 36.2 Å². The number of aromatic nitrogens is 2. The standard InChI is InChI=1S/C16H8F6N2O2/c17-15(18,19)10-3-9(4-11(5-10)16(20,21)22)8-1-2-13-23-12(14(25)26)7-24(13)6-8/h1-7H,(H,25,26). The Balaban J connectivity index is 2.18. The molecule has 2 aromatic heterocycles. The van der Waals surface area contributed by atoms with Gasteiger partial charge in [-0.2, -0.15) is 26.3 Å². The smallest absolute Gasteiger partial charge is 0.416 e. The lowest BCUT2D eigenvalue weighted by atomic mass is 10.0. The summed E-state index contributed by atoms with van der Waals surface area (Å²) in [7, 11) is 0. The zero-order valence-corrected chi connectivity index (χ0v) is 12.6. The molecular weight excluding hydrogens is 366 g/mol. The minimum absolute atomic E-state index is 0.0434. The number of pyridine rings is 1. The number of alkyl halides is 6. The Labute approximate surface area is 141 Å². The molecule has 0 unspecified atom stereocenters. The second-order valence-corrected chi connectivity index (χ2v) is 5.41. The van der Waals surface area contributed by atoms with Crippen LogP contribution >= 0.6 is 0 Å². The number of benzene rings is 1. The van der Waals surface area contributed by atoms with Crippen LogP contribution in [0.2, 0.25) is 0 Å². The van der Waals surface area contributed by atoms with Crippen LogP contribution < -0.4 is 0 Å². The fourth-order valence-electron chi connectivity index (χ4n) is 2.39. The second kappa shape index (κ2) is 5.75. The zero-order chi connectivity index (χ0) is 19.3. The number of halogens is 6. The van der Waals surface area contributed by atoms with Crippen LogP contribution in [0, 0.1) is 0 Å². The van der Waals surface area contributed by atoms with E-state index in [-0.39, 0.29) is 28.5 Å². The third-order valence-electron chi connectivity index (χ3n) is 3.59. The quantitative estimate of drug-likeness (QED) is 0.660. The number of nitrogens with zero attached hydrogens (tertiary/aromatic N) is 2. The molecule has 0 radical (unpaired) electrons. The van der Waals surface area contributed by atoms with E-state index >= 15 is 0 Å². The summed E-state index contributed by atoms with van der Waals surface area (Å²) in [5.41, 5.74) is -3.24. The first-order valence-electron chi connectivity index (χ1n) is 6.97. The Morgan fingerprint density at radius 2 is 1.46 bits per heavy atom. The number of aromatic carboxylic acids is 1. The van der Waals surface area contributed by atoms with Gasteiger partial charge in [0.25, 0.3) is 0 Å². The number of carboxylic acids is 1. The molecule has 0 aliphatic rings.